The molecule has 0 spiro atoms. The van der Waals surface area contributed by atoms with E-state index in [0.717, 1.165) is 30.7 Å². The number of hydrogen-bond acceptors (Lipinski definition) is 5. The fraction of sp³-hybridized carbons (Fsp3) is 0.600. The van der Waals surface area contributed by atoms with Crippen molar-refractivity contribution in [1.82, 2.24) is 5.32 Å². The highest BCUT2D eigenvalue weighted by Crippen LogP contribution is 2.44. The van der Waals surface area contributed by atoms with Crippen molar-refractivity contribution in [2.75, 3.05) is 32.9 Å². The first-order chi connectivity index (χ1) is 9.72. The fourth-order valence-electron chi connectivity index (χ4n) is 2.43. The third kappa shape index (κ3) is 2.90. The van der Waals surface area contributed by atoms with Gasteiger partial charge in [0.2, 0.25) is 0 Å². The summed E-state index contributed by atoms with van der Waals surface area (Å²) in [6.07, 6.45) is 1.55. The molecule has 1 atom stereocenters. The van der Waals surface area contributed by atoms with Gasteiger partial charge in [0.15, 0.2) is 11.5 Å². The van der Waals surface area contributed by atoms with E-state index in [-0.39, 0.29) is 12.0 Å². The molecule has 3 rings (SSSR count). The Labute approximate surface area is 118 Å². The number of ether oxygens (including phenoxy) is 2. The number of aliphatic hydroxyl groups is 2. The molecule has 0 radical (unpaired) electrons. The molecule has 0 saturated heterocycles. The van der Waals surface area contributed by atoms with E-state index >= 15 is 0 Å². The summed E-state index contributed by atoms with van der Waals surface area (Å²) in [7, 11) is 0. The molecule has 1 unspecified atom stereocenters. The minimum Gasteiger partial charge on any atom is -0.486 e. The monoisotopic (exact) mass is 279 g/mol. The third-order valence-corrected chi connectivity index (χ3v) is 4.08. The lowest BCUT2D eigenvalue weighted by Crippen LogP contribution is -2.30. The average Bonchev–Trinajstić information content (AvgIpc) is 3.27. The van der Waals surface area contributed by atoms with Crippen LogP contribution in [0.25, 0.3) is 0 Å². The van der Waals surface area contributed by atoms with Crippen LogP contribution in [0, 0.1) is 5.41 Å². The van der Waals surface area contributed by atoms with E-state index in [1.165, 1.54) is 0 Å². The Morgan fingerprint density at radius 2 is 1.95 bits per heavy atom. The van der Waals surface area contributed by atoms with Crippen molar-refractivity contribution in [3.63, 3.8) is 0 Å². The van der Waals surface area contributed by atoms with Crippen LogP contribution in [0.3, 0.4) is 0 Å². The van der Waals surface area contributed by atoms with Crippen LogP contribution in [-0.2, 0) is 0 Å². The summed E-state index contributed by atoms with van der Waals surface area (Å²) in [5.74, 6) is 1.43. The van der Waals surface area contributed by atoms with Gasteiger partial charge in [-0.1, -0.05) is 6.07 Å². The molecule has 1 aromatic carbocycles. The summed E-state index contributed by atoms with van der Waals surface area (Å²) in [5.41, 5.74) is 0.877. The Hall–Kier alpha value is -1.30. The Balaban J connectivity index is 1.55. The summed E-state index contributed by atoms with van der Waals surface area (Å²) in [5, 5.41) is 22.7. The first kappa shape index (κ1) is 13.7. The van der Waals surface area contributed by atoms with E-state index in [4.69, 9.17) is 9.47 Å². The summed E-state index contributed by atoms with van der Waals surface area (Å²) in [6, 6.07) is 5.53. The zero-order valence-corrected chi connectivity index (χ0v) is 11.5. The lowest BCUT2D eigenvalue weighted by molar-refractivity contribution is 0.157. The molecular formula is C15H21NO4. The predicted molar refractivity (Wildman–Crippen MR) is 74.0 cm³/mol. The smallest absolute Gasteiger partial charge is 0.161 e. The fourth-order valence-corrected chi connectivity index (χ4v) is 2.43. The van der Waals surface area contributed by atoms with Crippen molar-refractivity contribution in [2.45, 2.75) is 18.9 Å². The van der Waals surface area contributed by atoms with E-state index in [1.807, 2.05) is 18.2 Å². The first-order valence-corrected chi connectivity index (χ1v) is 7.12. The second-order valence-electron chi connectivity index (χ2n) is 5.71. The van der Waals surface area contributed by atoms with E-state index in [0.29, 0.717) is 25.5 Å². The van der Waals surface area contributed by atoms with Gasteiger partial charge in [0.1, 0.15) is 13.2 Å². The van der Waals surface area contributed by atoms with Crippen molar-refractivity contribution in [2.24, 2.45) is 5.41 Å². The second-order valence-corrected chi connectivity index (χ2v) is 5.71. The zero-order chi connectivity index (χ0) is 14.0. The van der Waals surface area contributed by atoms with Gasteiger partial charge >= 0.3 is 0 Å². The summed E-state index contributed by atoms with van der Waals surface area (Å²) < 4.78 is 11.0. The standard InChI is InChI=1S/C15H21NO4/c17-10-15(3-4-15)9-16-8-12(18)11-1-2-13-14(7-11)20-6-5-19-13/h1-2,7,12,16-18H,3-6,8-10H2. The minimum absolute atomic E-state index is 0.0620. The van der Waals surface area contributed by atoms with Crippen LogP contribution in [0.2, 0.25) is 0 Å². The maximum atomic E-state index is 10.2. The van der Waals surface area contributed by atoms with Gasteiger partial charge in [-0.3, -0.25) is 0 Å². The first-order valence-electron chi connectivity index (χ1n) is 7.12. The summed E-state index contributed by atoms with van der Waals surface area (Å²) in [4.78, 5) is 0. The molecule has 1 fully saturated rings. The van der Waals surface area contributed by atoms with Crippen LogP contribution in [0.5, 0.6) is 11.5 Å². The van der Waals surface area contributed by atoms with E-state index < -0.39 is 6.10 Å². The van der Waals surface area contributed by atoms with E-state index in [2.05, 4.69) is 5.32 Å². The third-order valence-electron chi connectivity index (χ3n) is 4.08. The van der Waals surface area contributed by atoms with Crippen LogP contribution in [0.4, 0.5) is 0 Å². The van der Waals surface area contributed by atoms with Gasteiger partial charge in [0, 0.05) is 25.1 Å². The highest BCUT2D eigenvalue weighted by atomic mass is 16.6. The minimum atomic E-state index is -0.583. The van der Waals surface area contributed by atoms with Crippen LogP contribution < -0.4 is 14.8 Å². The number of fused-ring (bicyclic) bond motifs is 1. The van der Waals surface area contributed by atoms with Crippen molar-refractivity contribution < 1.29 is 19.7 Å². The summed E-state index contributed by atoms with van der Waals surface area (Å²) in [6.45, 7) is 2.57. The molecule has 3 N–H and O–H groups in total. The molecule has 1 heterocycles. The Bertz CT molecular complexity index is 473. The molecule has 5 nitrogen and oxygen atoms in total. The SMILES string of the molecule is OCC1(CNCC(O)c2ccc3c(c2)OCCO3)CC1. The molecule has 110 valence electrons. The van der Waals surface area contributed by atoms with Crippen molar-refractivity contribution >= 4 is 0 Å². The van der Waals surface area contributed by atoms with Crippen molar-refractivity contribution in [3.8, 4) is 11.5 Å². The van der Waals surface area contributed by atoms with Crippen LogP contribution in [0.15, 0.2) is 18.2 Å². The quantitative estimate of drug-likeness (QED) is 0.720. The largest absolute Gasteiger partial charge is 0.486 e. The molecule has 1 saturated carbocycles. The van der Waals surface area contributed by atoms with Crippen LogP contribution >= 0.6 is 0 Å². The Morgan fingerprint density at radius 1 is 1.20 bits per heavy atom. The van der Waals surface area contributed by atoms with Crippen molar-refractivity contribution in [3.05, 3.63) is 23.8 Å². The van der Waals surface area contributed by atoms with Gasteiger partial charge in [-0.15, -0.1) is 0 Å². The van der Waals surface area contributed by atoms with Crippen LogP contribution in [0.1, 0.15) is 24.5 Å². The van der Waals surface area contributed by atoms with E-state index in [9.17, 15) is 10.2 Å². The van der Waals surface area contributed by atoms with E-state index in [1.54, 1.807) is 0 Å². The number of aliphatic hydroxyl groups excluding tert-OH is 2. The molecule has 2 aliphatic rings. The zero-order valence-electron chi connectivity index (χ0n) is 11.5. The lowest BCUT2D eigenvalue weighted by atomic mass is 10.1. The molecule has 1 aliphatic heterocycles. The van der Waals surface area contributed by atoms with Gasteiger partial charge in [-0.05, 0) is 30.5 Å². The number of nitrogens with one attached hydrogen (secondary N) is 1. The molecule has 1 aliphatic carbocycles. The number of rotatable bonds is 6. The predicted octanol–water partition coefficient (Wildman–Crippen LogP) is 0.853. The molecule has 1 aromatic rings. The number of benzene rings is 1. The van der Waals surface area contributed by atoms with Gasteiger partial charge in [-0.25, -0.2) is 0 Å². The molecule has 0 bridgehead atoms. The lowest BCUT2D eigenvalue weighted by Gasteiger charge is -2.21. The topological polar surface area (TPSA) is 71.0 Å². The molecule has 0 aromatic heterocycles. The van der Waals surface area contributed by atoms with Crippen LogP contribution in [-0.4, -0.2) is 43.1 Å². The maximum absolute atomic E-state index is 10.2. The highest BCUT2D eigenvalue weighted by molar-refractivity contribution is 5.44. The second kappa shape index (κ2) is 5.60. The van der Waals surface area contributed by atoms with Gasteiger partial charge in [-0.2, -0.15) is 0 Å². The van der Waals surface area contributed by atoms with Gasteiger partial charge in [0.05, 0.1) is 6.10 Å². The molecular weight excluding hydrogens is 258 g/mol. The Kier molecular flexibility index (Phi) is 3.83. The normalized spacial score (nSPS) is 20.5. The summed E-state index contributed by atoms with van der Waals surface area (Å²) >= 11 is 0. The number of hydrogen-bond donors (Lipinski definition) is 3. The molecule has 20 heavy (non-hydrogen) atoms. The maximum Gasteiger partial charge on any atom is 0.161 e. The van der Waals surface area contributed by atoms with Crippen molar-refractivity contribution in [1.29, 1.82) is 0 Å². The average molecular weight is 279 g/mol. The molecule has 5 heteroatoms. The Morgan fingerprint density at radius 3 is 2.65 bits per heavy atom. The molecule has 0 amide bonds. The highest BCUT2D eigenvalue weighted by Gasteiger charge is 2.41. The van der Waals surface area contributed by atoms with Gasteiger partial charge in [0.25, 0.3) is 0 Å². The van der Waals surface area contributed by atoms with Gasteiger partial charge < -0.3 is 25.0 Å².